The van der Waals surface area contributed by atoms with Crippen molar-refractivity contribution in [3.8, 4) is 0 Å². The number of rotatable bonds is 4. The lowest BCUT2D eigenvalue weighted by atomic mass is 9.96. The summed E-state index contributed by atoms with van der Waals surface area (Å²) in [5, 5.41) is 1.20. The third-order valence-electron chi connectivity index (χ3n) is 3.57. The Balaban J connectivity index is 2.08. The fraction of sp³-hybridized carbons (Fsp3) is 0. The van der Waals surface area contributed by atoms with E-state index in [9.17, 15) is 0 Å². The normalized spacial score (nSPS) is 11.2. The highest BCUT2D eigenvalue weighted by Gasteiger charge is 2.13. The average molecular weight is 301 g/mol. The number of allylic oxidation sites excluding steroid dienone is 1. The zero-order valence-electron chi connectivity index (χ0n) is 12.3. The fourth-order valence-electron chi connectivity index (χ4n) is 2.42. The largest absolute Gasteiger partial charge is 0.153 e. The van der Waals surface area contributed by atoms with Crippen molar-refractivity contribution in [3.63, 3.8) is 0 Å². The molecule has 0 bridgehead atoms. The van der Waals surface area contributed by atoms with E-state index >= 15 is 0 Å². The van der Waals surface area contributed by atoms with Crippen LogP contribution in [0.3, 0.4) is 0 Å². The quantitative estimate of drug-likeness (QED) is 0.452. The first-order valence-electron chi connectivity index (χ1n) is 7.35. The predicted molar refractivity (Wildman–Crippen MR) is 101 cm³/mol. The van der Waals surface area contributed by atoms with Crippen molar-refractivity contribution in [1.29, 1.82) is 0 Å². The molecule has 1 unspecified atom stereocenters. The van der Waals surface area contributed by atoms with E-state index in [1.165, 1.54) is 27.6 Å². The highest BCUT2D eigenvalue weighted by Crippen LogP contribution is 2.24. The van der Waals surface area contributed by atoms with E-state index in [0.717, 1.165) is 0 Å². The van der Waals surface area contributed by atoms with Crippen molar-refractivity contribution < 1.29 is 0 Å². The van der Waals surface area contributed by atoms with Crippen LogP contribution in [0.2, 0.25) is 0 Å². The van der Waals surface area contributed by atoms with Gasteiger partial charge in [-0.2, -0.15) is 0 Å². The van der Waals surface area contributed by atoms with Crippen molar-refractivity contribution in [1.82, 2.24) is 0 Å². The smallest absolute Gasteiger partial charge is 0.0622 e. The molecular weight excluding hydrogens is 283 g/mol. The van der Waals surface area contributed by atoms with Gasteiger partial charge in [0.25, 0.3) is 0 Å². The maximum atomic E-state index is 2.90. The van der Waals surface area contributed by atoms with Gasteiger partial charge in [0.2, 0.25) is 0 Å². The van der Waals surface area contributed by atoms with Crippen LogP contribution >= 0.6 is 8.86 Å². The molecule has 0 aliphatic rings. The Morgan fingerprint density at radius 1 is 0.591 bits per heavy atom. The monoisotopic (exact) mass is 301 g/mol. The molecule has 1 heteroatoms. The third kappa shape index (κ3) is 3.42. The van der Waals surface area contributed by atoms with Gasteiger partial charge in [-0.15, -0.1) is 0 Å². The van der Waals surface area contributed by atoms with Crippen molar-refractivity contribution in [2.24, 2.45) is 0 Å². The maximum absolute atomic E-state index is 2.90. The van der Waals surface area contributed by atoms with Crippen LogP contribution < -0.4 is 0 Å². The second kappa shape index (κ2) is 7.02. The molecular formula is C21H18P+. The van der Waals surface area contributed by atoms with Gasteiger partial charge in [0.05, 0.1) is 8.86 Å². The van der Waals surface area contributed by atoms with E-state index in [0.29, 0.717) is 0 Å². The van der Waals surface area contributed by atoms with E-state index < -0.39 is 0 Å². The molecule has 0 aromatic heterocycles. The van der Waals surface area contributed by atoms with Crippen molar-refractivity contribution in [2.45, 2.75) is 0 Å². The van der Waals surface area contributed by atoms with Gasteiger partial charge in [0.1, 0.15) is 0 Å². The van der Waals surface area contributed by atoms with Crippen LogP contribution in [0, 0.1) is 0 Å². The summed E-state index contributed by atoms with van der Waals surface area (Å²) < 4.78 is 0. The SMILES string of the molecule is [PH2+]=C(C(=Cc1ccccc1)c1ccccc1)c1ccccc1. The summed E-state index contributed by atoms with van der Waals surface area (Å²) in [5.74, 6) is 0. The molecule has 0 aliphatic heterocycles. The molecule has 106 valence electrons. The van der Waals surface area contributed by atoms with Gasteiger partial charge in [-0.1, -0.05) is 91.0 Å². The van der Waals surface area contributed by atoms with Crippen LogP contribution in [0.15, 0.2) is 91.0 Å². The van der Waals surface area contributed by atoms with Gasteiger partial charge in [0, 0.05) is 11.1 Å². The molecule has 0 aliphatic carbocycles. The Kier molecular flexibility index (Phi) is 4.63. The summed E-state index contributed by atoms with van der Waals surface area (Å²) in [5.41, 5.74) is 4.87. The van der Waals surface area contributed by atoms with Crippen molar-refractivity contribution in [2.75, 3.05) is 0 Å². The zero-order chi connectivity index (χ0) is 15.2. The van der Waals surface area contributed by atoms with Crippen molar-refractivity contribution in [3.05, 3.63) is 108 Å². The summed E-state index contributed by atoms with van der Waals surface area (Å²) in [4.78, 5) is 0. The summed E-state index contributed by atoms with van der Waals surface area (Å²) in [6.07, 6.45) is 2.24. The Morgan fingerprint density at radius 2 is 1.05 bits per heavy atom. The molecule has 0 heterocycles. The molecule has 0 radical (unpaired) electrons. The Bertz CT molecular complexity index is 772. The Morgan fingerprint density at radius 3 is 1.59 bits per heavy atom. The van der Waals surface area contributed by atoms with E-state index in [1.54, 1.807) is 0 Å². The first-order valence-corrected chi connectivity index (χ1v) is 7.93. The molecule has 0 saturated carbocycles. The molecule has 0 amide bonds. The van der Waals surface area contributed by atoms with Gasteiger partial charge >= 0.3 is 0 Å². The molecule has 3 aromatic carbocycles. The average Bonchev–Trinajstić information content (AvgIpc) is 2.61. The fourth-order valence-corrected chi connectivity index (χ4v) is 2.87. The molecule has 0 fully saturated rings. The number of hydrogen-bond donors (Lipinski definition) is 0. The topological polar surface area (TPSA) is 0 Å². The first kappa shape index (κ1) is 14.5. The summed E-state index contributed by atoms with van der Waals surface area (Å²) in [7, 11) is 2.90. The van der Waals surface area contributed by atoms with Crippen LogP contribution in [0.25, 0.3) is 11.6 Å². The van der Waals surface area contributed by atoms with Gasteiger partial charge in [-0.3, -0.25) is 0 Å². The van der Waals surface area contributed by atoms with E-state index in [1.807, 2.05) is 12.1 Å². The van der Waals surface area contributed by atoms with E-state index in [2.05, 4.69) is 93.8 Å². The molecule has 3 aromatic rings. The van der Waals surface area contributed by atoms with Gasteiger partial charge in [-0.05, 0) is 17.2 Å². The first-order chi connectivity index (χ1) is 10.8. The highest BCUT2D eigenvalue weighted by molar-refractivity contribution is 7.25. The van der Waals surface area contributed by atoms with Crippen LogP contribution in [0.1, 0.15) is 16.7 Å². The number of benzene rings is 3. The zero-order valence-corrected chi connectivity index (χ0v) is 13.5. The van der Waals surface area contributed by atoms with Crippen LogP contribution in [0.4, 0.5) is 0 Å². The standard InChI is InChI=1S/C21H17P/c22-21(19-14-8-3-9-15-19)20(18-12-6-2-7-13-18)16-17-10-4-1-5-11-17/h1-16,22H/p+1. The molecule has 0 nitrogen and oxygen atoms in total. The molecule has 22 heavy (non-hydrogen) atoms. The van der Waals surface area contributed by atoms with Crippen LogP contribution in [0.5, 0.6) is 0 Å². The van der Waals surface area contributed by atoms with Crippen LogP contribution in [-0.4, -0.2) is 5.29 Å². The highest BCUT2D eigenvalue weighted by atomic mass is 31.0. The molecule has 0 N–H and O–H groups in total. The lowest BCUT2D eigenvalue weighted by Gasteiger charge is -2.07. The third-order valence-corrected chi connectivity index (χ3v) is 4.21. The minimum Gasteiger partial charge on any atom is -0.0622 e. The maximum Gasteiger partial charge on any atom is 0.153 e. The van der Waals surface area contributed by atoms with Gasteiger partial charge in [0.15, 0.2) is 5.29 Å². The predicted octanol–water partition coefficient (Wildman–Crippen LogP) is 5.32. The minimum atomic E-state index is 1.20. The Hall–Kier alpha value is -2.43. The second-order valence-electron chi connectivity index (χ2n) is 5.11. The lowest BCUT2D eigenvalue weighted by Crippen LogP contribution is -2.00. The van der Waals surface area contributed by atoms with Gasteiger partial charge in [-0.25, -0.2) is 0 Å². The number of hydrogen-bond acceptors (Lipinski definition) is 0. The summed E-state index contributed by atoms with van der Waals surface area (Å²) in [6.45, 7) is 0. The van der Waals surface area contributed by atoms with Crippen LogP contribution in [-0.2, 0) is 0 Å². The summed E-state index contributed by atoms with van der Waals surface area (Å²) >= 11 is 0. The van der Waals surface area contributed by atoms with Crippen molar-refractivity contribution >= 4 is 25.8 Å². The molecule has 0 spiro atoms. The lowest BCUT2D eigenvalue weighted by molar-refractivity contribution is 1.62. The molecule has 1 atom stereocenters. The van der Waals surface area contributed by atoms with E-state index in [4.69, 9.17) is 0 Å². The molecule has 0 saturated heterocycles. The van der Waals surface area contributed by atoms with Gasteiger partial charge < -0.3 is 0 Å². The second-order valence-corrected chi connectivity index (χ2v) is 5.69. The molecule has 3 rings (SSSR count). The van der Waals surface area contributed by atoms with E-state index in [-0.39, 0.29) is 0 Å². The summed E-state index contributed by atoms with van der Waals surface area (Å²) in [6, 6.07) is 31.4. The minimum absolute atomic E-state index is 1.20. The Labute approximate surface area is 134 Å².